The van der Waals surface area contributed by atoms with Gasteiger partial charge >= 0.3 is 0 Å². The maximum Gasteiger partial charge on any atom is 0.223 e. The second-order valence-electron chi connectivity index (χ2n) is 10.5. The molecular weight excluding hydrogens is 322 g/mol. The summed E-state index contributed by atoms with van der Waals surface area (Å²) in [4.78, 5) is 17.7. The molecule has 4 heteroatoms. The molecule has 3 aliphatic carbocycles. The SMILES string of the molecule is CC(C)(C)CC(=O)N(CCN1CCNCC1)CC1=CCC2CC1C2(C)C. The fourth-order valence-electron chi connectivity index (χ4n) is 4.93. The van der Waals surface area contributed by atoms with Crippen molar-refractivity contribution in [2.24, 2.45) is 22.7 Å². The van der Waals surface area contributed by atoms with Crippen molar-refractivity contribution in [3.8, 4) is 0 Å². The Kier molecular flexibility index (Phi) is 5.83. The van der Waals surface area contributed by atoms with E-state index < -0.39 is 0 Å². The van der Waals surface area contributed by atoms with Gasteiger partial charge in [0.25, 0.3) is 0 Å². The van der Waals surface area contributed by atoms with Crippen LogP contribution in [0.3, 0.4) is 0 Å². The first kappa shape index (κ1) is 19.9. The molecule has 0 spiro atoms. The number of rotatable bonds is 6. The van der Waals surface area contributed by atoms with Crippen molar-refractivity contribution in [2.75, 3.05) is 45.8 Å². The van der Waals surface area contributed by atoms with Crippen LogP contribution in [0.25, 0.3) is 0 Å². The van der Waals surface area contributed by atoms with Crippen molar-refractivity contribution in [2.45, 2.75) is 53.9 Å². The number of nitrogens with one attached hydrogen (secondary N) is 1. The third-order valence-corrected chi connectivity index (χ3v) is 6.89. The van der Waals surface area contributed by atoms with Crippen LogP contribution in [-0.4, -0.2) is 61.5 Å². The van der Waals surface area contributed by atoms with Gasteiger partial charge in [-0.3, -0.25) is 9.69 Å². The molecule has 1 saturated carbocycles. The van der Waals surface area contributed by atoms with Crippen LogP contribution in [0.4, 0.5) is 0 Å². The number of carbonyl (C=O) groups excluding carboxylic acids is 1. The van der Waals surface area contributed by atoms with Crippen molar-refractivity contribution in [3.05, 3.63) is 11.6 Å². The summed E-state index contributed by atoms with van der Waals surface area (Å²) in [6.07, 6.45) is 5.63. The fourth-order valence-corrected chi connectivity index (χ4v) is 4.93. The lowest BCUT2D eigenvalue weighted by Crippen LogP contribution is -2.51. The van der Waals surface area contributed by atoms with Crippen molar-refractivity contribution in [3.63, 3.8) is 0 Å². The molecule has 4 aliphatic rings. The molecule has 1 heterocycles. The largest absolute Gasteiger partial charge is 0.337 e. The van der Waals surface area contributed by atoms with Crippen LogP contribution in [0.5, 0.6) is 0 Å². The van der Waals surface area contributed by atoms with Crippen molar-refractivity contribution < 1.29 is 4.79 Å². The highest BCUT2D eigenvalue weighted by Crippen LogP contribution is 2.59. The first-order chi connectivity index (χ1) is 12.2. The van der Waals surface area contributed by atoms with E-state index in [1.807, 2.05) is 0 Å². The molecule has 0 aromatic rings. The Labute approximate surface area is 160 Å². The zero-order chi connectivity index (χ0) is 18.9. The minimum atomic E-state index is 0.0478. The molecule has 2 unspecified atom stereocenters. The first-order valence-electron chi connectivity index (χ1n) is 10.6. The van der Waals surface area contributed by atoms with Gasteiger partial charge in [-0.2, -0.15) is 0 Å². The monoisotopic (exact) mass is 361 g/mol. The Morgan fingerprint density at radius 3 is 2.58 bits per heavy atom. The summed E-state index contributed by atoms with van der Waals surface area (Å²) in [5, 5.41) is 3.41. The lowest BCUT2D eigenvalue weighted by Gasteiger charge is -2.57. The van der Waals surface area contributed by atoms with Crippen LogP contribution >= 0.6 is 0 Å². The number of carbonyl (C=O) groups is 1. The molecule has 4 nitrogen and oxygen atoms in total. The molecule has 0 aromatic heterocycles. The number of hydrogen-bond donors (Lipinski definition) is 1. The summed E-state index contributed by atoms with van der Waals surface area (Å²) in [6, 6.07) is 0. The zero-order valence-electron chi connectivity index (χ0n) is 17.6. The van der Waals surface area contributed by atoms with Crippen molar-refractivity contribution in [1.29, 1.82) is 0 Å². The normalized spacial score (nSPS) is 28.3. The van der Waals surface area contributed by atoms with E-state index in [0.29, 0.717) is 23.7 Å². The number of fused-ring (bicyclic) bond motifs is 1. The molecule has 148 valence electrons. The van der Waals surface area contributed by atoms with Gasteiger partial charge in [0.15, 0.2) is 0 Å². The lowest BCUT2D eigenvalue weighted by molar-refractivity contribution is -0.133. The number of hydrogen-bond acceptors (Lipinski definition) is 3. The summed E-state index contributed by atoms with van der Waals surface area (Å²) in [5.41, 5.74) is 2.01. The van der Waals surface area contributed by atoms with Crippen LogP contribution < -0.4 is 5.32 Å². The standard InChI is InChI=1S/C22H39N3O/c1-21(2,3)15-20(26)25(13-12-24-10-8-23-9-11-24)16-17-6-7-18-14-19(17)22(18,4)5/h6,18-19,23H,7-16H2,1-5H3. The molecule has 0 radical (unpaired) electrons. The van der Waals surface area contributed by atoms with E-state index >= 15 is 0 Å². The predicted molar refractivity (Wildman–Crippen MR) is 108 cm³/mol. The Hall–Kier alpha value is -0.870. The van der Waals surface area contributed by atoms with Crippen LogP contribution in [0.2, 0.25) is 0 Å². The van der Waals surface area contributed by atoms with Gasteiger partial charge in [0.1, 0.15) is 0 Å². The summed E-state index contributed by atoms with van der Waals surface area (Å²) >= 11 is 0. The molecule has 26 heavy (non-hydrogen) atoms. The summed E-state index contributed by atoms with van der Waals surface area (Å²) in [5.74, 6) is 1.87. The van der Waals surface area contributed by atoms with Gasteiger partial charge in [-0.15, -0.1) is 0 Å². The Morgan fingerprint density at radius 2 is 2.00 bits per heavy atom. The maximum atomic E-state index is 13.1. The summed E-state index contributed by atoms with van der Waals surface area (Å²) < 4.78 is 0. The maximum absolute atomic E-state index is 13.1. The molecule has 2 fully saturated rings. The highest BCUT2D eigenvalue weighted by Gasteiger charge is 2.51. The van der Waals surface area contributed by atoms with Gasteiger partial charge in [0, 0.05) is 52.2 Å². The van der Waals surface area contributed by atoms with E-state index in [0.717, 1.165) is 51.7 Å². The van der Waals surface area contributed by atoms with E-state index in [1.54, 1.807) is 0 Å². The minimum absolute atomic E-state index is 0.0478. The van der Waals surface area contributed by atoms with Gasteiger partial charge in [-0.25, -0.2) is 0 Å². The van der Waals surface area contributed by atoms with Crippen molar-refractivity contribution >= 4 is 5.91 Å². The molecule has 2 atom stereocenters. The van der Waals surface area contributed by atoms with Crippen LogP contribution in [0.1, 0.15) is 53.9 Å². The van der Waals surface area contributed by atoms with E-state index in [2.05, 4.69) is 55.8 Å². The number of piperazine rings is 1. The molecule has 1 saturated heterocycles. The summed E-state index contributed by atoms with van der Waals surface area (Å²) in [6.45, 7) is 18.4. The van der Waals surface area contributed by atoms with Gasteiger partial charge in [-0.05, 0) is 35.5 Å². The van der Waals surface area contributed by atoms with E-state index in [4.69, 9.17) is 0 Å². The summed E-state index contributed by atoms with van der Waals surface area (Å²) in [7, 11) is 0. The number of allylic oxidation sites excluding steroid dienone is 1. The molecule has 2 bridgehead atoms. The molecule has 4 rings (SSSR count). The molecule has 0 aromatic carbocycles. The zero-order valence-corrected chi connectivity index (χ0v) is 17.6. The third-order valence-electron chi connectivity index (χ3n) is 6.89. The average molecular weight is 362 g/mol. The number of amides is 1. The van der Waals surface area contributed by atoms with E-state index in [9.17, 15) is 4.79 Å². The van der Waals surface area contributed by atoms with Crippen molar-refractivity contribution in [1.82, 2.24) is 15.1 Å². The highest BCUT2D eigenvalue weighted by atomic mass is 16.2. The third kappa shape index (κ3) is 4.51. The molecule has 1 N–H and O–H groups in total. The van der Waals surface area contributed by atoms with Gasteiger partial charge < -0.3 is 10.2 Å². The predicted octanol–water partition coefficient (Wildman–Crippen LogP) is 3.15. The highest BCUT2D eigenvalue weighted by molar-refractivity contribution is 5.77. The topological polar surface area (TPSA) is 35.6 Å². The van der Waals surface area contributed by atoms with Gasteiger partial charge in [-0.1, -0.05) is 46.3 Å². The van der Waals surface area contributed by atoms with Gasteiger partial charge in [0.2, 0.25) is 5.91 Å². The first-order valence-corrected chi connectivity index (χ1v) is 10.6. The van der Waals surface area contributed by atoms with E-state index in [1.165, 1.54) is 18.4 Å². The average Bonchev–Trinajstić information content (AvgIpc) is 2.57. The molecule has 1 amide bonds. The Balaban J connectivity index is 1.64. The molecular formula is C22H39N3O. The lowest BCUT2D eigenvalue weighted by atomic mass is 9.49. The fraction of sp³-hybridized carbons (Fsp3) is 0.864. The minimum Gasteiger partial charge on any atom is -0.337 e. The van der Waals surface area contributed by atoms with Crippen LogP contribution in [0.15, 0.2) is 11.6 Å². The number of nitrogens with zero attached hydrogens (tertiary/aromatic N) is 2. The second-order valence-corrected chi connectivity index (χ2v) is 10.5. The van der Waals surface area contributed by atoms with E-state index in [-0.39, 0.29) is 5.41 Å². The van der Waals surface area contributed by atoms with Crippen LogP contribution in [0, 0.1) is 22.7 Å². The smallest absolute Gasteiger partial charge is 0.223 e. The Morgan fingerprint density at radius 1 is 1.31 bits per heavy atom. The Bertz CT molecular complexity index is 540. The van der Waals surface area contributed by atoms with Crippen LogP contribution in [-0.2, 0) is 4.79 Å². The molecule has 1 aliphatic heterocycles. The van der Waals surface area contributed by atoms with Gasteiger partial charge in [0.05, 0.1) is 0 Å². The second kappa shape index (κ2) is 7.63. The quantitative estimate of drug-likeness (QED) is 0.738.